The van der Waals surface area contributed by atoms with Crippen molar-refractivity contribution in [2.24, 2.45) is 0 Å². The van der Waals surface area contributed by atoms with Crippen LogP contribution < -0.4 is 10.1 Å². The van der Waals surface area contributed by atoms with Gasteiger partial charge in [-0.15, -0.1) is 0 Å². The van der Waals surface area contributed by atoms with Crippen LogP contribution in [0.1, 0.15) is 32.1 Å². The first-order chi connectivity index (χ1) is 8.72. The minimum atomic E-state index is -0.356. The second kappa shape index (κ2) is 6.20. The van der Waals surface area contributed by atoms with Gasteiger partial charge in [0.05, 0.1) is 19.3 Å². The Bertz CT molecular complexity index is 403. The number of halogens is 1. The zero-order valence-corrected chi connectivity index (χ0v) is 11.2. The van der Waals surface area contributed by atoms with Crippen LogP contribution in [0.3, 0.4) is 0 Å². The summed E-state index contributed by atoms with van der Waals surface area (Å²) in [7, 11) is 1.53. The highest BCUT2D eigenvalue weighted by Gasteiger charge is 2.23. The second-order valence-electron chi connectivity index (χ2n) is 4.50. The van der Waals surface area contributed by atoms with Gasteiger partial charge in [0.25, 0.3) is 0 Å². The summed E-state index contributed by atoms with van der Waals surface area (Å²) in [5.41, 5.74) is 0. The number of aromatic nitrogens is 2. The number of nitrogens with zero attached hydrogens (tertiary/aromatic N) is 2. The van der Waals surface area contributed by atoms with Gasteiger partial charge in [-0.05, 0) is 12.8 Å². The van der Waals surface area contributed by atoms with Crippen molar-refractivity contribution in [1.29, 1.82) is 0 Å². The van der Waals surface area contributed by atoms with Crippen LogP contribution in [0.2, 0.25) is 5.15 Å². The van der Waals surface area contributed by atoms with Crippen molar-refractivity contribution in [3.8, 4) is 5.75 Å². The molecule has 2 N–H and O–H groups in total. The predicted octanol–water partition coefficient (Wildman–Crippen LogP) is 2.24. The van der Waals surface area contributed by atoms with Gasteiger partial charge < -0.3 is 15.2 Å². The van der Waals surface area contributed by atoms with Crippen molar-refractivity contribution in [3.05, 3.63) is 11.5 Å². The van der Waals surface area contributed by atoms with Crippen LogP contribution in [0, 0.1) is 0 Å². The van der Waals surface area contributed by atoms with E-state index in [-0.39, 0.29) is 17.3 Å². The Morgan fingerprint density at radius 3 is 2.89 bits per heavy atom. The second-order valence-corrected chi connectivity index (χ2v) is 4.86. The zero-order chi connectivity index (χ0) is 13.0. The lowest BCUT2D eigenvalue weighted by Crippen LogP contribution is -2.33. The summed E-state index contributed by atoms with van der Waals surface area (Å²) >= 11 is 5.94. The van der Waals surface area contributed by atoms with Crippen LogP contribution in [-0.4, -0.2) is 34.3 Å². The van der Waals surface area contributed by atoms with Gasteiger partial charge in [0.2, 0.25) is 0 Å². The molecule has 6 heteroatoms. The van der Waals surface area contributed by atoms with Gasteiger partial charge in [0, 0.05) is 0 Å². The fourth-order valence-corrected chi connectivity index (χ4v) is 2.48. The predicted molar refractivity (Wildman–Crippen MR) is 70.1 cm³/mol. The van der Waals surface area contributed by atoms with Gasteiger partial charge in [-0.1, -0.05) is 30.9 Å². The first-order valence-corrected chi connectivity index (χ1v) is 6.59. The highest BCUT2D eigenvalue weighted by Crippen LogP contribution is 2.30. The summed E-state index contributed by atoms with van der Waals surface area (Å²) in [4.78, 5) is 7.99. The molecule has 1 heterocycles. The number of anilines is 1. The van der Waals surface area contributed by atoms with E-state index in [4.69, 9.17) is 16.3 Å². The molecule has 0 amide bonds. The Labute approximate surface area is 112 Å². The Hall–Kier alpha value is -1.07. The Morgan fingerprint density at radius 1 is 1.33 bits per heavy atom. The lowest BCUT2D eigenvalue weighted by molar-refractivity contribution is 0.144. The SMILES string of the molecule is COc1c(Cl)ncnc1NC1CCCCCC1O. The van der Waals surface area contributed by atoms with E-state index in [2.05, 4.69) is 15.3 Å². The number of ether oxygens (including phenoxy) is 1. The van der Waals surface area contributed by atoms with Gasteiger partial charge in [0.1, 0.15) is 6.33 Å². The number of aliphatic hydroxyl groups excluding tert-OH is 1. The van der Waals surface area contributed by atoms with E-state index in [9.17, 15) is 5.11 Å². The number of methoxy groups -OCH3 is 1. The molecular weight excluding hydrogens is 254 g/mol. The Morgan fingerprint density at radius 2 is 2.11 bits per heavy atom. The molecule has 5 nitrogen and oxygen atoms in total. The molecule has 1 saturated carbocycles. The maximum Gasteiger partial charge on any atom is 0.198 e. The lowest BCUT2D eigenvalue weighted by atomic mass is 10.1. The lowest BCUT2D eigenvalue weighted by Gasteiger charge is -2.23. The molecule has 0 spiro atoms. The van der Waals surface area contributed by atoms with Gasteiger partial charge in [-0.25, -0.2) is 9.97 Å². The minimum Gasteiger partial charge on any atom is -0.490 e. The average Bonchev–Trinajstić information content (AvgIpc) is 2.55. The van der Waals surface area contributed by atoms with Crippen LogP contribution in [0.5, 0.6) is 5.75 Å². The van der Waals surface area contributed by atoms with Crippen LogP contribution in [0.25, 0.3) is 0 Å². The average molecular weight is 272 g/mol. The summed E-state index contributed by atoms with van der Waals surface area (Å²) in [6.07, 6.45) is 6.11. The van der Waals surface area contributed by atoms with Crippen molar-refractivity contribution in [2.45, 2.75) is 44.2 Å². The van der Waals surface area contributed by atoms with Crippen LogP contribution in [0.4, 0.5) is 5.82 Å². The van der Waals surface area contributed by atoms with Gasteiger partial charge in [-0.2, -0.15) is 0 Å². The quantitative estimate of drug-likeness (QED) is 0.652. The minimum absolute atomic E-state index is 0.00707. The molecule has 0 radical (unpaired) electrons. The van der Waals surface area contributed by atoms with Crippen LogP contribution in [0.15, 0.2) is 6.33 Å². The van der Waals surface area contributed by atoms with Gasteiger partial charge in [-0.3, -0.25) is 0 Å². The summed E-state index contributed by atoms with van der Waals surface area (Å²) in [6, 6.07) is -0.00707. The van der Waals surface area contributed by atoms with Crippen LogP contribution in [-0.2, 0) is 0 Å². The van der Waals surface area contributed by atoms with Gasteiger partial charge >= 0.3 is 0 Å². The van der Waals surface area contributed by atoms with E-state index in [1.165, 1.54) is 13.4 Å². The van der Waals surface area contributed by atoms with E-state index in [0.717, 1.165) is 32.1 Å². The van der Waals surface area contributed by atoms with Crippen molar-refractivity contribution in [1.82, 2.24) is 9.97 Å². The Kier molecular flexibility index (Phi) is 4.60. The molecule has 0 aromatic carbocycles. The number of rotatable bonds is 3. The standard InChI is InChI=1S/C12H18ClN3O2/c1-18-10-11(13)14-7-15-12(10)16-8-5-3-2-4-6-9(8)17/h7-9,17H,2-6H2,1H3,(H,14,15,16). The molecular formula is C12H18ClN3O2. The maximum absolute atomic E-state index is 10.1. The third-order valence-corrected chi connectivity index (χ3v) is 3.54. The molecule has 1 aliphatic carbocycles. The zero-order valence-electron chi connectivity index (χ0n) is 10.4. The number of aliphatic hydroxyl groups is 1. The van der Waals surface area contributed by atoms with E-state index in [1.807, 2.05) is 0 Å². The molecule has 18 heavy (non-hydrogen) atoms. The molecule has 2 atom stereocenters. The first kappa shape index (κ1) is 13.4. The topological polar surface area (TPSA) is 67.3 Å². The highest BCUT2D eigenvalue weighted by atomic mass is 35.5. The summed E-state index contributed by atoms with van der Waals surface area (Å²) in [5.74, 6) is 0.971. The molecule has 0 bridgehead atoms. The molecule has 2 unspecified atom stereocenters. The van der Waals surface area contributed by atoms with E-state index in [0.29, 0.717) is 11.6 Å². The fraction of sp³-hybridized carbons (Fsp3) is 0.667. The van der Waals surface area contributed by atoms with E-state index < -0.39 is 0 Å². The molecule has 100 valence electrons. The summed E-state index contributed by atoms with van der Waals surface area (Å²) in [5, 5.41) is 13.6. The number of nitrogens with one attached hydrogen (secondary N) is 1. The largest absolute Gasteiger partial charge is 0.490 e. The third kappa shape index (κ3) is 3.03. The Balaban J connectivity index is 2.14. The number of hydrogen-bond acceptors (Lipinski definition) is 5. The fourth-order valence-electron chi connectivity index (χ4n) is 2.27. The van der Waals surface area contributed by atoms with Crippen LogP contribution >= 0.6 is 11.6 Å². The van der Waals surface area contributed by atoms with Crippen molar-refractivity contribution in [2.75, 3.05) is 12.4 Å². The van der Waals surface area contributed by atoms with E-state index in [1.54, 1.807) is 0 Å². The summed E-state index contributed by atoms with van der Waals surface area (Å²) < 4.78 is 5.18. The molecule has 1 fully saturated rings. The monoisotopic (exact) mass is 271 g/mol. The molecule has 1 aliphatic rings. The van der Waals surface area contributed by atoms with Crippen molar-refractivity contribution < 1.29 is 9.84 Å². The normalized spacial score (nSPS) is 24.4. The molecule has 0 aliphatic heterocycles. The first-order valence-electron chi connectivity index (χ1n) is 6.21. The van der Waals surface area contributed by atoms with Crippen molar-refractivity contribution in [3.63, 3.8) is 0 Å². The maximum atomic E-state index is 10.1. The van der Waals surface area contributed by atoms with E-state index >= 15 is 0 Å². The smallest absolute Gasteiger partial charge is 0.198 e. The molecule has 2 rings (SSSR count). The van der Waals surface area contributed by atoms with Crippen molar-refractivity contribution >= 4 is 17.4 Å². The van der Waals surface area contributed by atoms with Gasteiger partial charge in [0.15, 0.2) is 16.7 Å². The third-order valence-electron chi connectivity index (χ3n) is 3.27. The highest BCUT2D eigenvalue weighted by molar-refractivity contribution is 6.31. The molecule has 1 aromatic rings. The molecule has 1 aromatic heterocycles. The summed E-state index contributed by atoms with van der Waals surface area (Å²) in [6.45, 7) is 0. The number of hydrogen-bond donors (Lipinski definition) is 2. The molecule has 0 saturated heterocycles.